The number of likely N-dealkylation sites (N-methyl/N-ethyl adjacent to an activating group) is 1. The number of para-hydroxylation sites is 1. The highest BCUT2D eigenvalue weighted by atomic mass is 16.2. The van der Waals surface area contributed by atoms with Crippen LogP contribution in [0.4, 0.5) is 16.4 Å². The van der Waals surface area contributed by atoms with Crippen LogP contribution < -0.4 is 15.5 Å². The fraction of sp³-hybridized carbons (Fsp3) is 0.400. The maximum absolute atomic E-state index is 11.9. The van der Waals surface area contributed by atoms with Crippen molar-refractivity contribution < 1.29 is 4.79 Å². The zero-order valence-electron chi connectivity index (χ0n) is 13.4. The van der Waals surface area contributed by atoms with Crippen LogP contribution in [-0.4, -0.2) is 40.4 Å². The predicted octanol–water partition coefficient (Wildman–Crippen LogP) is 1.77. The monoisotopic (exact) mass is 302 g/mol. The van der Waals surface area contributed by atoms with E-state index in [9.17, 15) is 4.79 Å². The fourth-order valence-electron chi connectivity index (χ4n) is 1.96. The van der Waals surface area contributed by atoms with Gasteiger partial charge in [-0.25, -0.2) is 4.79 Å². The van der Waals surface area contributed by atoms with E-state index in [0.717, 1.165) is 11.5 Å². The third kappa shape index (κ3) is 3.75. The van der Waals surface area contributed by atoms with E-state index in [1.807, 2.05) is 44.3 Å². The lowest BCUT2D eigenvalue weighted by atomic mass is 10.2. The van der Waals surface area contributed by atoms with Gasteiger partial charge in [0.1, 0.15) is 5.82 Å². The van der Waals surface area contributed by atoms with Gasteiger partial charge in [0, 0.05) is 32.4 Å². The molecule has 2 rings (SSSR count). The van der Waals surface area contributed by atoms with Crippen LogP contribution >= 0.6 is 0 Å². The van der Waals surface area contributed by atoms with Crippen LogP contribution in [0.2, 0.25) is 0 Å². The van der Waals surface area contributed by atoms with Gasteiger partial charge in [-0.05, 0) is 26.0 Å². The minimum Gasteiger partial charge on any atom is -0.370 e. The van der Waals surface area contributed by atoms with Gasteiger partial charge in [-0.2, -0.15) is 0 Å². The first-order valence-electron chi connectivity index (χ1n) is 7.17. The number of anilines is 2. The molecule has 0 fully saturated rings. The van der Waals surface area contributed by atoms with E-state index in [2.05, 4.69) is 32.7 Å². The normalized spacial score (nSPS) is 11.8. The molecule has 2 N–H and O–H groups in total. The molecule has 0 bridgehead atoms. The second-order valence-corrected chi connectivity index (χ2v) is 5.26. The SMILES string of the molecule is Cc1nnc(NC(=O)NC[C@@H](C)N(C)c2ccccc2)n1C. The van der Waals surface area contributed by atoms with Crippen molar-refractivity contribution >= 4 is 17.7 Å². The minimum atomic E-state index is -0.288. The lowest BCUT2D eigenvalue weighted by Gasteiger charge is -2.27. The zero-order chi connectivity index (χ0) is 16.1. The molecule has 1 atom stereocenters. The molecule has 0 saturated heterocycles. The van der Waals surface area contributed by atoms with E-state index in [4.69, 9.17) is 0 Å². The number of aryl methyl sites for hydroxylation is 1. The zero-order valence-corrected chi connectivity index (χ0v) is 13.4. The molecule has 7 nitrogen and oxygen atoms in total. The number of nitrogens with zero attached hydrogens (tertiary/aromatic N) is 4. The van der Waals surface area contributed by atoms with Crippen molar-refractivity contribution in [1.29, 1.82) is 0 Å². The lowest BCUT2D eigenvalue weighted by molar-refractivity contribution is 0.251. The van der Waals surface area contributed by atoms with Crippen molar-refractivity contribution in [1.82, 2.24) is 20.1 Å². The number of aromatic nitrogens is 3. The molecule has 118 valence electrons. The standard InChI is InChI=1S/C15H22N6O/c1-11(20(3)13-8-6-5-7-9-13)10-16-15(22)17-14-19-18-12(2)21(14)4/h5-9,11H,10H2,1-4H3,(H2,16,17,19,22)/t11-/m1/s1. The molecular weight excluding hydrogens is 280 g/mol. The summed E-state index contributed by atoms with van der Waals surface area (Å²) in [4.78, 5) is 14.0. The second kappa shape index (κ2) is 6.93. The molecule has 22 heavy (non-hydrogen) atoms. The minimum absolute atomic E-state index is 0.161. The van der Waals surface area contributed by atoms with E-state index in [1.54, 1.807) is 11.6 Å². The first-order chi connectivity index (χ1) is 10.5. The van der Waals surface area contributed by atoms with Crippen LogP contribution in [0.3, 0.4) is 0 Å². The van der Waals surface area contributed by atoms with Crippen LogP contribution in [0.1, 0.15) is 12.7 Å². The van der Waals surface area contributed by atoms with Gasteiger partial charge in [0.15, 0.2) is 0 Å². The largest absolute Gasteiger partial charge is 0.370 e. The van der Waals surface area contributed by atoms with Crippen molar-refractivity contribution in [2.75, 3.05) is 23.8 Å². The van der Waals surface area contributed by atoms with Crippen LogP contribution in [-0.2, 0) is 7.05 Å². The Morgan fingerprint density at radius 1 is 1.32 bits per heavy atom. The van der Waals surface area contributed by atoms with Crippen molar-refractivity contribution in [3.05, 3.63) is 36.2 Å². The molecule has 1 aromatic carbocycles. The summed E-state index contributed by atoms with van der Waals surface area (Å²) in [7, 11) is 3.81. The van der Waals surface area contributed by atoms with Crippen molar-refractivity contribution in [2.45, 2.75) is 19.9 Å². The van der Waals surface area contributed by atoms with Crippen LogP contribution in [0.25, 0.3) is 0 Å². The van der Waals surface area contributed by atoms with Gasteiger partial charge >= 0.3 is 6.03 Å². The highest BCUT2D eigenvalue weighted by Gasteiger charge is 2.13. The van der Waals surface area contributed by atoms with Crippen molar-refractivity contribution in [3.8, 4) is 0 Å². The van der Waals surface area contributed by atoms with Gasteiger partial charge < -0.3 is 14.8 Å². The molecule has 2 aromatic rings. The molecule has 0 saturated carbocycles. The van der Waals surface area contributed by atoms with Gasteiger partial charge in [-0.3, -0.25) is 5.32 Å². The summed E-state index contributed by atoms with van der Waals surface area (Å²) in [6, 6.07) is 9.93. The van der Waals surface area contributed by atoms with Crippen molar-refractivity contribution in [3.63, 3.8) is 0 Å². The Morgan fingerprint density at radius 2 is 2.00 bits per heavy atom. The number of hydrogen-bond donors (Lipinski definition) is 2. The Hall–Kier alpha value is -2.57. The maximum Gasteiger partial charge on any atom is 0.321 e. The molecule has 0 aliphatic carbocycles. The quantitative estimate of drug-likeness (QED) is 0.882. The summed E-state index contributed by atoms with van der Waals surface area (Å²) in [5.41, 5.74) is 1.11. The smallest absolute Gasteiger partial charge is 0.321 e. The highest BCUT2D eigenvalue weighted by molar-refractivity contribution is 5.87. The summed E-state index contributed by atoms with van der Waals surface area (Å²) in [5.74, 6) is 1.17. The number of amides is 2. The second-order valence-electron chi connectivity index (χ2n) is 5.26. The Kier molecular flexibility index (Phi) is 4.98. The predicted molar refractivity (Wildman–Crippen MR) is 87.1 cm³/mol. The average molecular weight is 302 g/mol. The Balaban J connectivity index is 1.84. The fourth-order valence-corrected chi connectivity index (χ4v) is 1.96. The number of carbonyl (C=O) groups excluding carboxylic acids is 1. The number of rotatable bonds is 5. The maximum atomic E-state index is 11.9. The third-order valence-corrected chi connectivity index (χ3v) is 3.70. The molecule has 1 heterocycles. The van der Waals surface area contributed by atoms with Crippen LogP contribution in [0.5, 0.6) is 0 Å². The summed E-state index contributed by atoms with van der Waals surface area (Å²) in [6.45, 7) is 4.40. The van der Waals surface area contributed by atoms with Gasteiger partial charge in [0.2, 0.25) is 5.95 Å². The van der Waals surface area contributed by atoms with Gasteiger partial charge in [0.25, 0.3) is 0 Å². The molecule has 0 radical (unpaired) electrons. The van der Waals surface area contributed by atoms with Crippen LogP contribution in [0, 0.1) is 6.92 Å². The molecule has 7 heteroatoms. The number of carbonyl (C=O) groups is 1. The van der Waals surface area contributed by atoms with Gasteiger partial charge in [-0.15, -0.1) is 10.2 Å². The van der Waals surface area contributed by atoms with E-state index in [0.29, 0.717) is 12.5 Å². The van der Waals surface area contributed by atoms with E-state index in [-0.39, 0.29) is 12.1 Å². The summed E-state index contributed by atoms with van der Waals surface area (Å²) in [5, 5.41) is 13.3. The molecule has 0 aliphatic rings. The van der Waals surface area contributed by atoms with E-state index in [1.165, 1.54) is 0 Å². The van der Waals surface area contributed by atoms with Crippen LogP contribution in [0.15, 0.2) is 30.3 Å². The summed E-state index contributed by atoms with van der Waals surface area (Å²) in [6.07, 6.45) is 0. The summed E-state index contributed by atoms with van der Waals surface area (Å²) >= 11 is 0. The average Bonchev–Trinajstić information content (AvgIpc) is 2.84. The first kappa shape index (κ1) is 15.8. The van der Waals surface area contributed by atoms with Gasteiger partial charge in [-0.1, -0.05) is 18.2 Å². The number of hydrogen-bond acceptors (Lipinski definition) is 4. The molecule has 0 unspecified atom stereocenters. The topological polar surface area (TPSA) is 75.1 Å². The molecule has 0 spiro atoms. The molecule has 1 aromatic heterocycles. The summed E-state index contributed by atoms with van der Waals surface area (Å²) < 4.78 is 1.72. The number of nitrogens with one attached hydrogen (secondary N) is 2. The van der Waals surface area contributed by atoms with Crippen molar-refractivity contribution in [2.24, 2.45) is 7.05 Å². The third-order valence-electron chi connectivity index (χ3n) is 3.70. The molecule has 0 aliphatic heterocycles. The molecular formula is C15H22N6O. The Bertz CT molecular complexity index is 624. The number of benzene rings is 1. The first-order valence-corrected chi connectivity index (χ1v) is 7.17. The Labute approximate surface area is 130 Å². The van der Waals surface area contributed by atoms with E-state index >= 15 is 0 Å². The Morgan fingerprint density at radius 3 is 2.59 bits per heavy atom. The molecule has 2 amide bonds. The van der Waals surface area contributed by atoms with Gasteiger partial charge in [0.05, 0.1) is 0 Å². The van der Waals surface area contributed by atoms with E-state index < -0.39 is 0 Å². The number of urea groups is 1. The highest BCUT2D eigenvalue weighted by Crippen LogP contribution is 2.13. The lowest BCUT2D eigenvalue weighted by Crippen LogP contribution is -2.42.